The lowest BCUT2D eigenvalue weighted by Gasteiger charge is -2.47. The fraction of sp³-hybridized carbons (Fsp3) is 0.618. The van der Waals surface area contributed by atoms with Crippen LogP contribution in [0.5, 0.6) is 0 Å². The minimum atomic E-state index is -0.590. The Balaban J connectivity index is 1.37. The Hall–Kier alpha value is -3.08. The zero-order valence-electron chi connectivity index (χ0n) is 27.3. The molecule has 0 N–H and O–H groups in total. The molecule has 0 aliphatic carbocycles. The fourth-order valence-corrected chi connectivity index (χ4v) is 6.57. The highest BCUT2D eigenvalue weighted by Crippen LogP contribution is 2.40. The van der Waals surface area contributed by atoms with Gasteiger partial charge in [-0.25, -0.2) is 9.18 Å². The number of pyridine rings is 1. The number of carbonyl (C=O) groups excluding carboxylic acids is 2. The highest BCUT2D eigenvalue weighted by atomic mass is 19.1. The number of nitrogens with zero attached hydrogens (tertiary/aromatic N) is 5. The van der Waals surface area contributed by atoms with E-state index in [0.29, 0.717) is 44.8 Å². The first-order valence-corrected chi connectivity index (χ1v) is 15.8. The third kappa shape index (κ3) is 7.24. The van der Waals surface area contributed by atoms with E-state index in [1.807, 2.05) is 49.6 Å². The maximum atomic E-state index is 14.4. The molecule has 9 nitrogen and oxygen atoms in total. The Morgan fingerprint density at radius 2 is 1.86 bits per heavy atom. The van der Waals surface area contributed by atoms with Gasteiger partial charge < -0.3 is 19.3 Å². The molecule has 3 aliphatic heterocycles. The Morgan fingerprint density at radius 1 is 1.11 bits per heavy atom. The molecule has 240 valence electrons. The lowest BCUT2D eigenvalue weighted by Crippen LogP contribution is -2.64. The second-order valence-electron chi connectivity index (χ2n) is 14.3. The molecule has 0 saturated carbocycles. The zero-order valence-corrected chi connectivity index (χ0v) is 27.3. The van der Waals surface area contributed by atoms with Gasteiger partial charge in [-0.15, -0.1) is 0 Å². The van der Waals surface area contributed by atoms with Crippen LogP contribution in [0.4, 0.5) is 14.9 Å². The minimum absolute atomic E-state index is 0.000360. The summed E-state index contributed by atoms with van der Waals surface area (Å²) in [4.78, 5) is 40.4. The molecule has 1 aromatic heterocycles. The van der Waals surface area contributed by atoms with Gasteiger partial charge in [0.1, 0.15) is 11.4 Å². The van der Waals surface area contributed by atoms with Crippen LogP contribution in [0.25, 0.3) is 0 Å². The van der Waals surface area contributed by atoms with Crippen molar-refractivity contribution in [3.63, 3.8) is 0 Å². The van der Waals surface area contributed by atoms with Crippen LogP contribution >= 0.6 is 0 Å². The van der Waals surface area contributed by atoms with Gasteiger partial charge in [-0.05, 0) is 57.9 Å². The molecule has 0 spiro atoms. The lowest BCUT2D eigenvalue weighted by molar-refractivity contribution is -0.121. The van der Waals surface area contributed by atoms with Crippen LogP contribution in [-0.2, 0) is 26.1 Å². The summed E-state index contributed by atoms with van der Waals surface area (Å²) in [5.41, 5.74) is 2.24. The Morgan fingerprint density at radius 3 is 2.57 bits per heavy atom. The van der Waals surface area contributed by atoms with Gasteiger partial charge in [0.25, 0.3) is 0 Å². The van der Waals surface area contributed by atoms with Gasteiger partial charge in [0, 0.05) is 68.9 Å². The zero-order chi connectivity index (χ0) is 31.8. The molecule has 44 heavy (non-hydrogen) atoms. The van der Waals surface area contributed by atoms with Crippen LogP contribution in [-0.4, -0.2) is 108 Å². The number of morpholine rings is 1. The Labute approximate surface area is 261 Å². The van der Waals surface area contributed by atoms with Gasteiger partial charge in [-0.2, -0.15) is 0 Å². The first-order chi connectivity index (χ1) is 20.7. The SMILES string of the molecule is CC1COCCN1C[C@H]1CN(C(=O)OC(C)(C)C)[C@H](C)CN1CC(=O)N1CC(C)(C)c2ncc(Cc3ccccc3F)cc21. The normalized spacial score (nSPS) is 24.3. The van der Waals surface area contributed by atoms with Gasteiger partial charge >= 0.3 is 6.09 Å². The number of hydrogen-bond acceptors (Lipinski definition) is 7. The van der Waals surface area contributed by atoms with E-state index in [4.69, 9.17) is 14.5 Å². The standard InChI is InChI=1S/C34H48FN5O4/c1-23-17-38(27(18-37-12-13-43-21-24(37)2)19-39(23)32(42)44-33(3,4)5)20-30(41)40-22-34(6,7)31-29(40)15-25(16-36-31)14-26-10-8-9-11-28(26)35/h8-11,15-16,23-24,27H,12-14,17-22H2,1-7H3/t23-,24?,27+/m1/s1. The second-order valence-corrected chi connectivity index (χ2v) is 14.3. The van der Waals surface area contributed by atoms with E-state index in [-0.39, 0.29) is 47.9 Å². The van der Waals surface area contributed by atoms with Crippen molar-refractivity contribution in [3.05, 3.63) is 59.2 Å². The van der Waals surface area contributed by atoms with Crippen molar-refractivity contribution >= 4 is 17.7 Å². The molecule has 1 unspecified atom stereocenters. The van der Waals surface area contributed by atoms with E-state index in [0.717, 1.165) is 30.0 Å². The first kappa shape index (κ1) is 32.3. The summed E-state index contributed by atoms with van der Waals surface area (Å²) in [7, 11) is 0. The molecular formula is C34H48FN5O4. The van der Waals surface area contributed by atoms with Gasteiger partial charge in [0.15, 0.2) is 0 Å². The summed E-state index contributed by atoms with van der Waals surface area (Å²) in [6.45, 7) is 18.7. The quantitative estimate of drug-likeness (QED) is 0.479. The lowest BCUT2D eigenvalue weighted by atomic mass is 9.91. The summed E-state index contributed by atoms with van der Waals surface area (Å²) in [5, 5.41) is 0. The first-order valence-electron chi connectivity index (χ1n) is 15.8. The van der Waals surface area contributed by atoms with Gasteiger partial charge in [-0.1, -0.05) is 32.0 Å². The van der Waals surface area contributed by atoms with Crippen molar-refractivity contribution in [3.8, 4) is 0 Å². The van der Waals surface area contributed by atoms with E-state index in [2.05, 4.69) is 30.6 Å². The Bertz CT molecular complexity index is 1360. The van der Waals surface area contributed by atoms with E-state index >= 15 is 0 Å². The van der Waals surface area contributed by atoms with Crippen LogP contribution in [0.3, 0.4) is 0 Å². The molecule has 4 heterocycles. The van der Waals surface area contributed by atoms with Crippen LogP contribution in [0.1, 0.15) is 65.3 Å². The van der Waals surface area contributed by atoms with E-state index in [9.17, 15) is 14.0 Å². The third-order valence-corrected chi connectivity index (χ3v) is 8.93. The highest BCUT2D eigenvalue weighted by Gasteiger charge is 2.43. The van der Waals surface area contributed by atoms with E-state index < -0.39 is 5.60 Å². The minimum Gasteiger partial charge on any atom is -0.444 e. The average molecular weight is 610 g/mol. The molecule has 3 atom stereocenters. The van der Waals surface area contributed by atoms with Crippen molar-refractivity contribution in [1.29, 1.82) is 0 Å². The molecule has 10 heteroatoms. The van der Waals surface area contributed by atoms with Crippen molar-refractivity contribution in [1.82, 2.24) is 19.7 Å². The maximum absolute atomic E-state index is 14.4. The monoisotopic (exact) mass is 609 g/mol. The van der Waals surface area contributed by atoms with Crippen LogP contribution < -0.4 is 4.90 Å². The third-order valence-electron chi connectivity index (χ3n) is 8.93. The number of benzene rings is 1. The van der Waals surface area contributed by atoms with Crippen molar-refractivity contribution < 1.29 is 23.5 Å². The molecule has 0 radical (unpaired) electrons. The van der Waals surface area contributed by atoms with E-state index in [1.54, 1.807) is 18.3 Å². The number of anilines is 1. The second kappa shape index (κ2) is 12.7. The van der Waals surface area contributed by atoms with E-state index in [1.165, 1.54) is 6.07 Å². The predicted molar refractivity (Wildman–Crippen MR) is 168 cm³/mol. The van der Waals surface area contributed by atoms with Gasteiger partial charge in [0.05, 0.1) is 31.1 Å². The van der Waals surface area contributed by atoms with Crippen LogP contribution in [0.15, 0.2) is 36.5 Å². The topological polar surface area (TPSA) is 78.5 Å². The molecular weight excluding hydrogens is 561 g/mol. The predicted octanol–water partition coefficient (Wildman–Crippen LogP) is 4.47. The van der Waals surface area contributed by atoms with Gasteiger partial charge in [-0.3, -0.25) is 19.6 Å². The number of halogens is 1. The molecule has 3 aliphatic rings. The fourth-order valence-electron chi connectivity index (χ4n) is 6.57. The molecule has 1 aromatic carbocycles. The summed E-state index contributed by atoms with van der Waals surface area (Å²) in [6, 6.07) is 8.84. The average Bonchev–Trinajstić information content (AvgIpc) is 3.21. The largest absolute Gasteiger partial charge is 0.444 e. The number of fused-ring (bicyclic) bond motifs is 1. The number of amides is 2. The summed E-state index contributed by atoms with van der Waals surface area (Å²) in [5.74, 6) is -0.249. The molecule has 5 rings (SSSR count). The van der Waals surface area contributed by atoms with Crippen molar-refractivity contribution in [2.45, 2.75) is 84.0 Å². The summed E-state index contributed by atoms with van der Waals surface area (Å²) >= 11 is 0. The van der Waals surface area contributed by atoms with Crippen molar-refractivity contribution in [2.75, 3.05) is 57.4 Å². The molecule has 2 amide bonds. The number of hydrogen-bond donors (Lipinski definition) is 0. The summed E-state index contributed by atoms with van der Waals surface area (Å²) in [6.07, 6.45) is 1.89. The molecule has 0 bridgehead atoms. The number of ether oxygens (including phenoxy) is 2. The number of piperazine rings is 1. The Kier molecular flexibility index (Phi) is 9.35. The smallest absolute Gasteiger partial charge is 0.410 e. The maximum Gasteiger partial charge on any atom is 0.410 e. The number of rotatable bonds is 6. The number of aromatic nitrogens is 1. The molecule has 2 fully saturated rings. The van der Waals surface area contributed by atoms with Crippen LogP contribution in [0, 0.1) is 5.82 Å². The van der Waals surface area contributed by atoms with Gasteiger partial charge in [0.2, 0.25) is 5.91 Å². The highest BCUT2D eigenvalue weighted by molar-refractivity contribution is 5.97. The molecule has 2 aromatic rings. The van der Waals surface area contributed by atoms with Crippen molar-refractivity contribution in [2.24, 2.45) is 0 Å². The molecule has 2 saturated heterocycles. The van der Waals surface area contributed by atoms with Crippen LogP contribution in [0.2, 0.25) is 0 Å². The summed E-state index contributed by atoms with van der Waals surface area (Å²) < 4.78 is 25.9. The number of carbonyl (C=O) groups is 2.